The van der Waals surface area contributed by atoms with E-state index in [0.717, 1.165) is 0 Å². The highest BCUT2D eigenvalue weighted by molar-refractivity contribution is 6.34. The number of carbonyl (C=O) groups is 2. The molecule has 0 aliphatic carbocycles. The maximum atomic E-state index is 13.4. The average Bonchev–Trinajstić information content (AvgIpc) is 2.48. The summed E-state index contributed by atoms with van der Waals surface area (Å²) in [7, 11) is 1.25. The second kappa shape index (κ2) is 6.19. The fraction of sp³-hybridized carbons (Fsp3) is 0.385. The molecule has 2 rings (SSSR count). The Balaban J connectivity index is 2.16. The highest BCUT2D eigenvalue weighted by atomic mass is 35.5. The van der Waals surface area contributed by atoms with Crippen molar-refractivity contribution in [3.63, 3.8) is 0 Å². The van der Waals surface area contributed by atoms with Crippen LogP contribution >= 0.6 is 11.6 Å². The minimum atomic E-state index is -0.829. The van der Waals surface area contributed by atoms with Gasteiger partial charge in [0, 0.05) is 6.54 Å². The van der Waals surface area contributed by atoms with Crippen LogP contribution in [0.25, 0.3) is 0 Å². The Morgan fingerprint density at radius 3 is 2.95 bits per heavy atom. The largest absolute Gasteiger partial charge is 0.467 e. The number of amides is 1. The fourth-order valence-corrected chi connectivity index (χ4v) is 2.15. The zero-order valence-electron chi connectivity index (χ0n) is 10.8. The van der Waals surface area contributed by atoms with Crippen LogP contribution in [0.1, 0.15) is 10.4 Å². The number of benzene rings is 1. The van der Waals surface area contributed by atoms with Crippen molar-refractivity contribution in [1.82, 2.24) is 4.90 Å². The lowest BCUT2D eigenvalue weighted by molar-refractivity contribution is -0.158. The minimum Gasteiger partial charge on any atom is -0.467 e. The second-order valence-electron chi connectivity index (χ2n) is 4.24. The molecule has 1 aliphatic heterocycles. The molecule has 0 spiro atoms. The molecular weight excluding hydrogens is 289 g/mol. The van der Waals surface area contributed by atoms with E-state index in [4.69, 9.17) is 16.3 Å². The van der Waals surface area contributed by atoms with Crippen LogP contribution in [0.2, 0.25) is 5.02 Å². The number of hydrogen-bond donors (Lipinski definition) is 0. The van der Waals surface area contributed by atoms with Crippen LogP contribution in [-0.2, 0) is 14.3 Å². The van der Waals surface area contributed by atoms with E-state index in [1.807, 2.05) is 0 Å². The smallest absolute Gasteiger partial charge is 0.336 e. The summed E-state index contributed by atoms with van der Waals surface area (Å²) in [4.78, 5) is 25.1. The first-order valence-corrected chi connectivity index (χ1v) is 6.35. The standard InChI is InChI=1S/C13H13ClFNO4/c1-19-13(18)10-7-16(5-6-20-10)12(17)8-3-2-4-9(15)11(8)14/h2-4,10H,5-7H2,1H3. The summed E-state index contributed by atoms with van der Waals surface area (Å²) in [5, 5.41) is -0.224. The Hall–Kier alpha value is -1.66. The Labute approximate surface area is 120 Å². The highest BCUT2D eigenvalue weighted by Gasteiger charge is 2.31. The van der Waals surface area contributed by atoms with Gasteiger partial charge in [-0.3, -0.25) is 4.79 Å². The Morgan fingerprint density at radius 2 is 2.25 bits per heavy atom. The number of nitrogens with zero attached hydrogens (tertiary/aromatic N) is 1. The maximum absolute atomic E-state index is 13.4. The summed E-state index contributed by atoms with van der Waals surface area (Å²) in [5.41, 5.74) is 0.0668. The molecule has 1 atom stereocenters. The van der Waals surface area contributed by atoms with Gasteiger partial charge in [-0.2, -0.15) is 0 Å². The van der Waals surface area contributed by atoms with Gasteiger partial charge in [-0.25, -0.2) is 9.18 Å². The van der Waals surface area contributed by atoms with E-state index in [2.05, 4.69) is 4.74 Å². The van der Waals surface area contributed by atoms with Crippen molar-refractivity contribution in [3.8, 4) is 0 Å². The number of ether oxygens (including phenoxy) is 2. The van der Waals surface area contributed by atoms with E-state index >= 15 is 0 Å². The van der Waals surface area contributed by atoms with Crippen LogP contribution in [0.4, 0.5) is 4.39 Å². The minimum absolute atomic E-state index is 0.0539. The molecule has 1 aliphatic rings. The third-order valence-corrected chi connectivity index (χ3v) is 3.38. The molecular formula is C13H13ClFNO4. The van der Waals surface area contributed by atoms with Crippen LogP contribution in [0.3, 0.4) is 0 Å². The molecule has 0 radical (unpaired) electrons. The highest BCUT2D eigenvalue weighted by Crippen LogP contribution is 2.22. The number of hydrogen-bond acceptors (Lipinski definition) is 4. The number of esters is 1. The summed E-state index contributed by atoms with van der Waals surface area (Å²) >= 11 is 5.79. The van der Waals surface area contributed by atoms with Crippen LogP contribution in [0, 0.1) is 5.82 Å². The van der Waals surface area contributed by atoms with Crippen LogP contribution in [-0.4, -0.2) is 49.7 Å². The molecule has 108 valence electrons. The van der Waals surface area contributed by atoms with Gasteiger partial charge < -0.3 is 14.4 Å². The van der Waals surface area contributed by atoms with Crippen molar-refractivity contribution < 1.29 is 23.5 Å². The molecule has 5 nitrogen and oxygen atoms in total. The molecule has 1 saturated heterocycles. The molecule has 0 aromatic heterocycles. The summed E-state index contributed by atoms with van der Waals surface area (Å²) in [6, 6.07) is 4.03. The van der Waals surface area contributed by atoms with Gasteiger partial charge in [0.05, 0.1) is 30.8 Å². The lowest BCUT2D eigenvalue weighted by Crippen LogP contribution is -2.49. The molecule has 20 heavy (non-hydrogen) atoms. The molecule has 0 bridgehead atoms. The number of methoxy groups -OCH3 is 1. The molecule has 0 saturated carbocycles. The zero-order chi connectivity index (χ0) is 14.7. The normalized spacial score (nSPS) is 18.8. The molecule has 0 N–H and O–H groups in total. The monoisotopic (exact) mass is 301 g/mol. The second-order valence-corrected chi connectivity index (χ2v) is 4.61. The summed E-state index contributed by atoms with van der Waals surface area (Å²) in [5.74, 6) is -1.64. The number of rotatable bonds is 2. The number of halogens is 2. The van der Waals surface area contributed by atoms with Gasteiger partial charge >= 0.3 is 5.97 Å². The van der Waals surface area contributed by atoms with Gasteiger partial charge in [0.15, 0.2) is 6.10 Å². The summed E-state index contributed by atoms with van der Waals surface area (Å²) < 4.78 is 23.2. The van der Waals surface area contributed by atoms with E-state index in [-0.39, 0.29) is 23.7 Å². The molecule has 1 unspecified atom stereocenters. The predicted molar refractivity (Wildman–Crippen MR) is 69.1 cm³/mol. The number of morpholine rings is 1. The lowest BCUT2D eigenvalue weighted by Gasteiger charge is -2.31. The zero-order valence-corrected chi connectivity index (χ0v) is 11.5. The first kappa shape index (κ1) is 14.7. The summed E-state index contributed by atoms with van der Waals surface area (Å²) in [6.45, 7) is 0.565. The molecule has 7 heteroatoms. The summed E-state index contributed by atoms with van der Waals surface area (Å²) in [6.07, 6.45) is -0.829. The quantitative estimate of drug-likeness (QED) is 0.777. The Morgan fingerprint density at radius 1 is 1.50 bits per heavy atom. The molecule has 1 heterocycles. The Kier molecular flexibility index (Phi) is 4.57. The first-order chi connectivity index (χ1) is 9.54. The average molecular weight is 302 g/mol. The molecule has 1 amide bonds. The third-order valence-electron chi connectivity index (χ3n) is 3.00. The van der Waals surface area contributed by atoms with Crippen molar-refractivity contribution in [2.75, 3.05) is 26.8 Å². The first-order valence-electron chi connectivity index (χ1n) is 5.97. The molecule has 1 aromatic rings. The van der Waals surface area contributed by atoms with Crippen molar-refractivity contribution >= 4 is 23.5 Å². The van der Waals surface area contributed by atoms with E-state index in [1.54, 1.807) is 0 Å². The lowest BCUT2D eigenvalue weighted by atomic mass is 10.1. The van der Waals surface area contributed by atoms with E-state index in [9.17, 15) is 14.0 Å². The molecule has 1 fully saturated rings. The van der Waals surface area contributed by atoms with Crippen molar-refractivity contribution in [2.45, 2.75) is 6.10 Å². The van der Waals surface area contributed by atoms with Gasteiger partial charge in [-0.15, -0.1) is 0 Å². The van der Waals surface area contributed by atoms with Crippen LogP contribution < -0.4 is 0 Å². The van der Waals surface area contributed by atoms with Crippen LogP contribution in [0.5, 0.6) is 0 Å². The Bertz CT molecular complexity index is 537. The van der Waals surface area contributed by atoms with Crippen LogP contribution in [0.15, 0.2) is 18.2 Å². The van der Waals surface area contributed by atoms with Gasteiger partial charge in [-0.05, 0) is 12.1 Å². The number of carbonyl (C=O) groups excluding carboxylic acids is 2. The van der Waals surface area contributed by atoms with Crippen molar-refractivity contribution in [1.29, 1.82) is 0 Å². The third kappa shape index (κ3) is 2.91. The van der Waals surface area contributed by atoms with Gasteiger partial charge in [0.2, 0.25) is 0 Å². The van der Waals surface area contributed by atoms with E-state index in [1.165, 1.54) is 30.2 Å². The van der Waals surface area contributed by atoms with E-state index < -0.39 is 23.8 Å². The predicted octanol–water partition coefficient (Wildman–Crippen LogP) is 1.49. The van der Waals surface area contributed by atoms with Gasteiger partial charge in [0.25, 0.3) is 5.91 Å². The fourth-order valence-electron chi connectivity index (χ4n) is 1.95. The van der Waals surface area contributed by atoms with Crippen molar-refractivity contribution in [2.24, 2.45) is 0 Å². The topological polar surface area (TPSA) is 55.8 Å². The van der Waals surface area contributed by atoms with Crippen molar-refractivity contribution in [3.05, 3.63) is 34.6 Å². The maximum Gasteiger partial charge on any atom is 0.336 e. The van der Waals surface area contributed by atoms with Gasteiger partial charge in [-0.1, -0.05) is 17.7 Å². The van der Waals surface area contributed by atoms with E-state index in [0.29, 0.717) is 6.54 Å². The van der Waals surface area contributed by atoms with Gasteiger partial charge in [0.1, 0.15) is 5.82 Å². The molecule has 1 aromatic carbocycles. The SMILES string of the molecule is COC(=O)C1CN(C(=O)c2cccc(F)c2Cl)CCO1.